The Bertz CT molecular complexity index is 1400. The van der Waals surface area contributed by atoms with Crippen molar-refractivity contribution in [3.63, 3.8) is 0 Å². The summed E-state index contributed by atoms with van der Waals surface area (Å²) in [5.41, 5.74) is 1.45. The Hall–Kier alpha value is -4.07. The molecule has 3 N–H and O–H groups in total. The van der Waals surface area contributed by atoms with Gasteiger partial charge in [-0.05, 0) is 49.6 Å². The Morgan fingerprint density at radius 3 is 2.61 bits per heavy atom. The highest BCUT2D eigenvalue weighted by Gasteiger charge is 2.40. The lowest BCUT2D eigenvalue weighted by molar-refractivity contribution is -0.127. The maximum atomic E-state index is 13.9. The van der Waals surface area contributed by atoms with Gasteiger partial charge in [0.05, 0.1) is 0 Å². The van der Waals surface area contributed by atoms with Gasteiger partial charge in [0.25, 0.3) is 0 Å². The lowest BCUT2D eigenvalue weighted by atomic mass is 9.71. The molecule has 4 aromatic rings. The van der Waals surface area contributed by atoms with Crippen molar-refractivity contribution in [2.24, 2.45) is 7.05 Å². The van der Waals surface area contributed by atoms with E-state index in [0.29, 0.717) is 18.8 Å². The van der Waals surface area contributed by atoms with Gasteiger partial charge in [0.1, 0.15) is 5.54 Å². The highest BCUT2D eigenvalue weighted by molar-refractivity contribution is 5.92. The molecule has 0 bridgehead atoms. The van der Waals surface area contributed by atoms with Crippen LogP contribution in [0.2, 0.25) is 0 Å². The summed E-state index contributed by atoms with van der Waals surface area (Å²) in [6, 6.07) is 17.4. The smallest absolute Gasteiger partial charge is 0.393 e. The highest BCUT2D eigenvalue weighted by Crippen LogP contribution is 2.38. The van der Waals surface area contributed by atoms with Crippen molar-refractivity contribution in [3.05, 3.63) is 84.4 Å². The van der Waals surface area contributed by atoms with Crippen molar-refractivity contribution >= 4 is 22.9 Å². The second-order valence-corrected chi connectivity index (χ2v) is 10.6. The van der Waals surface area contributed by atoms with Gasteiger partial charge in [-0.15, -0.1) is 0 Å². The standard InChI is InChI=1S/C30H35N5O3/c1-29(34-28(37)38-26-14-10-18-35(26)2,19-22-20-32-24-12-5-4-11-23(22)24)27(36)33-21-30(15-7-3-8-16-30)25-13-6-9-17-31-25/h4-6,9-14,17-18,20,32H,3,7-8,15-16,19,21H2,1-2H3,(H,33,36)(H,34,37)/t29-/m0/s1. The van der Waals surface area contributed by atoms with Gasteiger partial charge in [0.2, 0.25) is 11.8 Å². The van der Waals surface area contributed by atoms with E-state index in [1.165, 1.54) is 6.42 Å². The zero-order chi connectivity index (χ0) is 26.6. The number of carbonyl (C=O) groups is 2. The molecule has 2 amide bonds. The van der Waals surface area contributed by atoms with Crippen LogP contribution in [0.15, 0.2) is 73.2 Å². The molecule has 3 heterocycles. The van der Waals surface area contributed by atoms with Gasteiger partial charge in [-0.25, -0.2) is 4.79 Å². The van der Waals surface area contributed by atoms with Gasteiger partial charge >= 0.3 is 6.09 Å². The molecule has 38 heavy (non-hydrogen) atoms. The van der Waals surface area contributed by atoms with E-state index in [4.69, 9.17) is 4.74 Å². The summed E-state index contributed by atoms with van der Waals surface area (Å²) in [5.74, 6) is 0.140. The molecule has 1 atom stereocenters. The minimum atomic E-state index is -1.26. The second-order valence-electron chi connectivity index (χ2n) is 10.6. The van der Waals surface area contributed by atoms with E-state index in [1.54, 1.807) is 36.9 Å². The number of H-pyrrole nitrogens is 1. The Labute approximate surface area is 222 Å². The van der Waals surface area contributed by atoms with E-state index in [-0.39, 0.29) is 11.3 Å². The molecule has 8 nitrogen and oxygen atoms in total. The molecule has 0 saturated heterocycles. The third-order valence-electron chi connectivity index (χ3n) is 7.80. The van der Waals surface area contributed by atoms with Crippen molar-refractivity contribution < 1.29 is 14.3 Å². The Kier molecular flexibility index (Phi) is 7.22. The number of carbonyl (C=O) groups excluding carboxylic acids is 2. The molecule has 198 valence electrons. The molecule has 1 aromatic carbocycles. The Balaban J connectivity index is 1.40. The molecule has 3 aromatic heterocycles. The summed E-state index contributed by atoms with van der Waals surface area (Å²) in [6.45, 7) is 2.21. The average Bonchev–Trinajstić information content (AvgIpc) is 3.53. The molecule has 0 radical (unpaired) electrons. The number of nitrogens with zero attached hydrogens (tertiary/aromatic N) is 2. The van der Waals surface area contributed by atoms with E-state index >= 15 is 0 Å². The fraction of sp³-hybridized carbons (Fsp3) is 0.367. The van der Waals surface area contributed by atoms with Gasteiger partial charge < -0.3 is 24.9 Å². The van der Waals surface area contributed by atoms with Gasteiger partial charge in [0.15, 0.2) is 0 Å². The van der Waals surface area contributed by atoms with E-state index in [2.05, 4.69) is 26.7 Å². The number of fused-ring (bicyclic) bond motifs is 1. The summed E-state index contributed by atoms with van der Waals surface area (Å²) < 4.78 is 7.24. The predicted octanol–water partition coefficient (Wildman–Crippen LogP) is 5.01. The summed E-state index contributed by atoms with van der Waals surface area (Å²) in [4.78, 5) is 34.9. The number of benzene rings is 1. The molecule has 0 aliphatic heterocycles. The van der Waals surface area contributed by atoms with Gasteiger partial charge in [0, 0.05) is 66.7 Å². The Morgan fingerprint density at radius 2 is 1.87 bits per heavy atom. The van der Waals surface area contributed by atoms with Crippen LogP contribution in [-0.2, 0) is 23.7 Å². The first-order valence-electron chi connectivity index (χ1n) is 13.2. The fourth-order valence-electron chi connectivity index (χ4n) is 5.61. The highest BCUT2D eigenvalue weighted by atomic mass is 16.6. The van der Waals surface area contributed by atoms with E-state index in [0.717, 1.165) is 47.8 Å². The molecule has 5 rings (SSSR count). The number of ether oxygens (including phenoxy) is 1. The van der Waals surface area contributed by atoms with Crippen LogP contribution in [0.4, 0.5) is 4.79 Å². The van der Waals surface area contributed by atoms with Crippen molar-refractivity contribution in [1.82, 2.24) is 25.2 Å². The van der Waals surface area contributed by atoms with Crippen LogP contribution in [0.3, 0.4) is 0 Å². The van der Waals surface area contributed by atoms with Crippen molar-refractivity contribution in [1.29, 1.82) is 0 Å². The van der Waals surface area contributed by atoms with Crippen LogP contribution >= 0.6 is 0 Å². The first-order valence-corrected chi connectivity index (χ1v) is 13.2. The summed E-state index contributed by atoms with van der Waals surface area (Å²) in [6.07, 6.45) is 10.4. The topological polar surface area (TPSA) is 101 Å². The summed E-state index contributed by atoms with van der Waals surface area (Å²) >= 11 is 0. The van der Waals surface area contributed by atoms with Crippen molar-refractivity contribution in [2.75, 3.05) is 6.54 Å². The largest absolute Gasteiger partial charge is 0.414 e. The number of para-hydroxylation sites is 1. The van der Waals surface area contributed by atoms with Crippen LogP contribution in [-0.4, -0.2) is 38.6 Å². The fourth-order valence-corrected chi connectivity index (χ4v) is 5.61. The third-order valence-corrected chi connectivity index (χ3v) is 7.80. The van der Waals surface area contributed by atoms with Gasteiger partial charge in [-0.1, -0.05) is 43.5 Å². The minimum absolute atomic E-state index is 0.222. The van der Waals surface area contributed by atoms with E-state index < -0.39 is 11.6 Å². The average molecular weight is 514 g/mol. The number of aromatic amines is 1. The molecule has 1 aliphatic rings. The molecule has 0 unspecified atom stereocenters. The van der Waals surface area contributed by atoms with Gasteiger partial charge in [-0.3, -0.25) is 9.78 Å². The first kappa shape index (κ1) is 25.6. The minimum Gasteiger partial charge on any atom is -0.393 e. The second kappa shape index (κ2) is 10.7. The van der Waals surface area contributed by atoms with Crippen LogP contribution in [0.25, 0.3) is 10.9 Å². The van der Waals surface area contributed by atoms with Gasteiger partial charge in [-0.2, -0.15) is 0 Å². The number of hydrogen-bond acceptors (Lipinski definition) is 4. The van der Waals surface area contributed by atoms with E-state index in [1.807, 2.05) is 48.8 Å². The molecule has 1 aliphatic carbocycles. The Morgan fingerprint density at radius 1 is 1.08 bits per heavy atom. The third kappa shape index (κ3) is 5.30. The normalized spacial score (nSPS) is 16.5. The maximum absolute atomic E-state index is 13.9. The van der Waals surface area contributed by atoms with Crippen molar-refractivity contribution in [2.45, 2.75) is 56.4 Å². The number of rotatable bonds is 8. The van der Waals surface area contributed by atoms with Crippen molar-refractivity contribution in [3.8, 4) is 5.88 Å². The zero-order valence-corrected chi connectivity index (χ0v) is 22.0. The molecule has 0 spiro atoms. The molecular formula is C30H35N5O3. The first-order chi connectivity index (χ1) is 18.4. The van der Waals surface area contributed by atoms with E-state index in [9.17, 15) is 9.59 Å². The summed E-state index contributed by atoms with van der Waals surface area (Å²) in [5, 5.41) is 7.10. The molecule has 1 fully saturated rings. The number of nitrogens with one attached hydrogen (secondary N) is 3. The van der Waals surface area contributed by atoms with Crippen LogP contribution < -0.4 is 15.4 Å². The number of hydrogen-bond donors (Lipinski definition) is 3. The lowest BCUT2D eigenvalue weighted by Crippen LogP contribution is -2.60. The number of aromatic nitrogens is 3. The molecule has 8 heteroatoms. The number of pyridine rings is 1. The quantitative estimate of drug-likeness (QED) is 0.308. The molecular weight excluding hydrogens is 478 g/mol. The zero-order valence-electron chi connectivity index (χ0n) is 22.0. The number of aryl methyl sites for hydroxylation is 1. The molecule has 1 saturated carbocycles. The predicted molar refractivity (Wildman–Crippen MR) is 147 cm³/mol. The SMILES string of the molecule is Cn1cccc1OC(=O)N[C@@](C)(Cc1c[nH]c2ccccc12)C(=O)NCC1(c2ccccn2)CCCCC1. The van der Waals surface area contributed by atoms with Crippen LogP contribution in [0, 0.1) is 0 Å². The maximum Gasteiger partial charge on any atom is 0.414 e. The summed E-state index contributed by atoms with van der Waals surface area (Å²) in [7, 11) is 1.79. The van der Waals surface area contributed by atoms with Crippen LogP contribution in [0.5, 0.6) is 5.88 Å². The monoisotopic (exact) mass is 513 g/mol. The van der Waals surface area contributed by atoms with Crippen LogP contribution in [0.1, 0.15) is 50.3 Å². The number of amides is 2. The lowest BCUT2D eigenvalue weighted by Gasteiger charge is -2.38.